The molecule has 2 N–H and O–H groups in total. The maximum Gasteiger partial charge on any atom is 0.573 e. The van der Waals surface area contributed by atoms with E-state index in [2.05, 4.69) is 10.1 Å². The second-order valence-electron chi connectivity index (χ2n) is 6.66. The van der Waals surface area contributed by atoms with Crippen LogP contribution in [0.5, 0.6) is 11.5 Å². The van der Waals surface area contributed by atoms with Crippen molar-refractivity contribution in [2.75, 3.05) is 13.2 Å². The van der Waals surface area contributed by atoms with Crippen LogP contribution in [-0.2, 0) is 4.79 Å². The lowest BCUT2D eigenvalue weighted by atomic mass is 10.1. The zero-order chi connectivity index (χ0) is 22.6. The van der Waals surface area contributed by atoms with E-state index >= 15 is 0 Å². The molecule has 0 aliphatic rings. The Hall–Kier alpha value is -3.53. The van der Waals surface area contributed by atoms with Gasteiger partial charge < -0.3 is 24.3 Å². The Morgan fingerprint density at radius 1 is 1.13 bits per heavy atom. The molecule has 0 spiro atoms. The minimum absolute atomic E-state index is 0.164. The number of hydrogen-bond donors (Lipinski definition) is 2. The monoisotopic (exact) mass is 437 g/mol. The number of rotatable bonds is 7. The highest BCUT2D eigenvalue weighted by atomic mass is 19.4. The van der Waals surface area contributed by atoms with E-state index in [1.165, 1.54) is 18.2 Å². The normalized spacial score (nSPS) is 12.4. The number of ether oxygens (including phenoxy) is 2. The molecule has 164 valence electrons. The molecule has 0 saturated heterocycles. The van der Waals surface area contributed by atoms with Crippen LogP contribution in [0.3, 0.4) is 0 Å². The highest BCUT2D eigenvalue weighted by Gasteiger charge is 2.31. The first kappa shape index (κ1) is 22.2. The van der Waals surface area contributed by atoms with Gasteiger partial charge in [0.15, 0.2) is 6.61 Å². The number of aliphatic hydroxyl groups excluding tert-OH is 1. The van der Waals surface area contributed by atoms with Gasteiger partial charge in [-0.3, -0.25) is 4.79 Å². The summed E-state index contributed by atoms with van der Waals surface area (Å²) in [5, 5.41) is 12.0. The number of alkyl halides is 3. The van der Waals surface area contributed by atoms with Gasteiger partial charge in [0.05, 0.1) is 12.2 Å². The van der Waals surface area contributed by atoms with Crippen molar-refractivity contribution in [3.8, 4) is 22.6 Å². The van der Waals surface area contributed by atoms with Crippen molar-refractivity contribution in [3.05, 3.63) is 59.0 Å². The molecular formula is C21H18F3NO6. The predicted molar refractivity (Wildman–Crippen MR) is 105 cm³/mol. The average molecular weight is 437 g/mol. The lowest BCUT2D eigenvalue weighted by Crippen LogP contribution is -2.38. The van der Waals surface area contributed by atoms with Crippen LogP contribution in [0, 0.1) is 0 Å². The molecule has 10 heteroatoms. The molecule has 1 atom stereocenters. The first-order valence-corrected chi connectivity index (χ1v) is 9.12. The lowest BCUT2D eigenvalue weighted by Gasteiger charge is -2.12. The minimum Gasteiger partial charge on any atom is -0.484 e. The van der Waals surface area contributed by atoms with Crippen molar-refractivity contribution in [1.82, 2.24) is 5.32 Å². The third-order valence-corrected chi connectivity index (χ3v) is 4.16. The second-order valence-corrected chi connectivity index (χ2v) is 6.66. The topological polar surface area (TPSA) is 98.0 Å². The van der Waals surface area contributed by atoms with Crippen LogP contribution >= 0.6 is 0 Å². The Morgan fingerprint density at radius 2 is 1.81 bits per heavy atom. The molecule has 0 aliphatic carbocycles. The van der Waals surface area contributed by atoms with Crippen molar-refractivity contribution in [1.29, 1.82) is 0 Å². The molecular weight excluding hydrogens is 419 g/mol. The number of hydrogen-bond acceptors (Lipinski definition) is 6. The quantitative estimate of drug-likeness (QED) is 0.551. The molecule has 0 fully saturated rings. The summed E-state index contributed by atoms with van der Waals surface area (Å²) in [7, 11) is 0. The summed E-state index contributed by atoms with van der Waals surface area (Å²) in [5.74, 6) is -0.527. The second kappa shape index (κ2) is 9.09. The number of amides is 1. The molecule has 3 rings (SSSR count). The lowest BCUT2D eigenvalue weighted by molar-refractivity contribution is -0.274. The van der Waals surface area contributed by atoms with E-state index in [4.69, 9.17) is 14.3 Å². The number of carbonyl (C=O) groups is 1. The Labute approximate surface area is 174 Å². The van der Waals surface area contributed by atoms with Crippen LogP contribution in [0.25, 0.3) is 22.1 Å². The first-order valence-electron chi connectivity index (χ1n) is 9.12. The molecule has 1 heterocycles. The molecule has 0 unspecified atom stereocenters. The summed E-state index contributed by atoms with van der Waals surface area (Å²) in [5.41, 5.74) is 0.0494. The highest BCUT2D eigenvalue weighted by molar-refractivity contribution is 5.83. The molecule has 31 heavy (non-hydrogen) atoms. The molecule has 0 aliphatic heterocycles. The van der Waals surface area contributed by atoms with Crippen LogP contribution in [0.2, 0.25) is 0 Å². The standard InChI is InChI=1S/C21H18F3NO6/c1-12(10-26)25-19(27)11-29-16-7-4-14-8-17(20(28)30-18(14)9-16)13-2-5-15(6-3-13)31-21(22,23)24/h2-9,12,26H,10-11H2,1H3,(H,25,27)/t12-/m0/s1. The minimum atomic E-state index is -4.80. The Kier molecular flexibility index (Phi) is 6.50. The summed E-state index contributed by atoms with van der Waals surface area (Å²) in [6, 6.07) is 10.6. The van der Waals surface area contributed by atoms with Gasteiger partial charge in [0, 0.05) is 17.5 Å². The molecule has 0 bridgehead atoms. The molecule has 0 radical (unpaired) electrons. The average Bonchev–Trinajstić information content (AvgIpc) is 2.71. The maximum atomic E-state index is 12.4. The predicted octanol–water partition coefficient (Wildman–Crippen LogP) is 3.23. The SMILES string of the molecule is C[C@@H](CO)NC(=O)COc1ccc2cc(-c3ccc(OC(F)(F)F)cc3)c(=O)oc2c1. The number of aliphatic hydroxyl groups is 1. The Morgan fingerprint density at radius 3 is 2.45 bits per heavy atom. The number of benzene rings is 2. The zero-order valence-electron chi connectivity index (χ0n) is 16.2. The molecule has 1 aromatic heterocycles. The molecule has 7 nitrogen and oxygen atoms in total. The Balaban J connectivity index is 1.77. The van der Waals surface area contributed by atoms with E-state index in [0.29, 0.717) is 16.7 Å². The van der Waals surface area contributed by atoms with Crippen molar-refractivity contribution in [2.45, 2.75) is 19.3 Å². The van der Waals surface area contributed by atoms with Crippen molar-refractivity contribution in [2.24, 2.45) is 0 Å². The van der Waals surface area contributed by atoms with E-state index in [9.17, 15) is 22.8 Å². The number of halogens is 3. The fraction of sp³-hybridized carbons (Fsp3) is 0.238. The van der Waals surface area contributed by atoms with Crippen molar-refractivity contribution < 1.29 is 37.0 Å². The van der Waals surface area contributed by atoms with Gasteiger partial charge in [-0.05, 0) is 42.8 Å². The van der Waals surface area contributed by atoms with E-state index in [0.717, 1.165) is 12.1 Å². The van der Waals surface area contributed by atoms with Gasteiger partial charge in [-0.1, -0.05) is 12.1 Å². The fourth-order valence-electron chi connectivity index (χ4n) is 2.73. The van der Waals surface area contributed by atoms with Crippen LogP contribution in [0.15, 0.2) is 57.7 Å². The summed E-state index contributed by atoms with van der Waals surface area (Å²) < 4.78 is 51.3. The number of carbonyl (C=O) groups excluding carboxylic acids is 1. The van der Waals surface area contributed by atoms with Gasteiger partial charge in [-0.15, -0.1) is 13.2 Å². The van der Waals surface area contributed by atoms with E-state index in [-0.39, 0.29) is 24.4 Å². The van der Waals surface area contributed by atoms with Crippen LogP contribution in [0.1, 0.15) is 6.92 Å². The number of nitrogens with one attached hydrogen (secondary N) is 1. The van der Waals surface area contributed by atoms with Gasteiger partial charge in [-0.25, -0.2) is 4.79 Å². The van der Waals surface area contributed by atoms with Crippen LogP contribution < -0.4 is 20.4 Å². The summed E-state index contributed by atoms with van der Waals surface area (Å²) in [6.45, 7) is 1.15. The highest BCUT2D eigenvalue weighted by Crippen LogP contribution is 2.27. The molecule has 2 aromatic carbocycles. The van der Waals surface area contributed by atoms with Crippen molar-refractivity contribution in [3.63, 3.8) is 0 Å². The van der Waals surface area contributed by atoms with E-state index in [1.54, 1.807) is 25.1 Å². The van der Waals surface area contributed by atoms with Crippen LogP contribution in [0.4, 0.5) is 13.2 Å². The van der Waals surface area contributed by atoms with Crippen molar-refractivity contribution >= 4 is 16.9 Å². The van der Waals surface area contributed by atoms with E-state index in [1.807, 2.05) is 0 Å². The summed E-state index contributed by atoms with van der Waals surface area (Å²) in [6.07, 6.45) is -4.80. The fourth-order valence-corrected chi connectivity index (χ4v) is 2.73. The van der Waals surface area contributed by atoms with Gasteiger partial charge >= 0.3 is 12.0 Å². The van der Waals surface area contributed by atoms with Crippen LogP contribution in [-0.4, -0.2) is 36.6 Å². The molecule has 1 amide bonds. The van der Waals surface area contributed by atoms with E-state index < -0.39 is 29.7 Å². The summed E-state index contributed by atoms with van der Waals surface area (Å²) in [4.78, 5) is 24.1. The van der Waals surface area contributed by atoms with Gasteiger partial charge in [-0.2, -0.15) is 0 Å². The van der Waals surface area contributed by atoms with Gasteiger partial charge in [0.25, 0.3) is 5.91 Å². The smallest absolute Gasteiger partial charge is 0.484 e. The first-order chi connectivity index (χ1) is 14.6. The molecule has 3 aromatic rings. The largest absolute Gasteiger partial charge is 0.573 e. The number of fused-ring (bicyclic) bond motifs is 1. The molecule has 0 saturated carbocycles. The maximum absolute atomic E-state index is 12.4. The third-order valence-electron chi connectivity index (χ3n) is 4.16. The third kappa shape index (κ3) is 5.98. The Bertz CT molecular complexity index is 1120. The summed E-state index contributed by atoms with van der Waals surface area (Å²) >= 11 is 0. The zero-order valence-corrected chi connectivity index (χ0v) is 16.2. The van der Waals surface area contributed by atoms with Gasteiger partial charge in [0.1, 0.15) is 17.1 Å². The van der Waals surface area contributed by atoms with Gasteiger partial charge in [0.2, 0.25) is 0 Å².